The van der Waals surface area contributed by atoms with Crippen molar-refractivity contribution in [3.63, 3.8) is 0 Å². The minimum atomic E-state index is -0.194. The summed E-state index contributed by atoms with van der Waals surface area (Å²) in [5.41, 5.74) is 2.66. The van der Waals surface area contributed by atoms with E-state index in [1.807, 2.05) is 30.3 Å². The minimum absolute atomic E-state index is 0.0157. The van der Waals surface area contributed by atoms with Gasteiger partial charge in [-0.15, -0.1) is 0 Å². The van der Waals surface area contributed by atoms with Gasteiger partial charge in [-0.3, -0.25) is 9.59 Å². The molecule has 1 N–H and O–H groups in total. The molecule has 0 radical (unpaired) electrons. The van der Waals surface area contributed by atoms with E-state index in [2.05, 4.69) is 26.3 Å². The van der Waals surface area contributed by atoms with Crippen LogP contribution in [0.4, 0.5) is 11.6 Å². The highest BCUT2D eigenvalue weighted by atomic mass is 16.5. The van der Waals surface area contributed by atoms with Crippen LogP contribution in [-0.2, 0) is 13.1 Å². The van der Waals surface area contributed by atoms with E-state index in [1.54, 1.807) is 33.4 Å². The highest BCUT2D eigenvalue weighted by Gasteiger charge is 2.24. The lowest BCUT2D eigenvalue weighted by Gasteiger charge is -2.13. The molecule has 1 amide bonds. The van der Waals surface area contributed by atoms with Crippen LogP contribution >= 0.6 is 0 Å². The first-order valence-corrected chi connectivity index (χ1v) is 11.5. The van der Waals surface area contributed by atoms with Gasteiger partial charge in [0.2, 0.25) is 11.8 Å². The number of hydrogen-bond acceptors (Lipinski definition) is 7. The number of rotatable bonds is 2. The number of benzene rings is 1. The monoisotopic (exact) mass is 469 g/mol. The van der Waals surface area contributed by atoms with Crippen molar-refractivity contribution < 1.29 is 9.53 Å². The van der Waals surface area contributed by atoms with Gasteiger partial charge in [-0.2, -0.15) is 9.97 Å². The zero-order valence-corrected chi connectivity index (χ0v) is 19.1. The second-order valence-electron chi connectivity index (χ2n) is 8.58. The molecule has 0 saturated heterocycles. The first-order chi connectivity index (χ1) is 17.1. The van der Waals surface area contributed by atoms with E-state index in [0.717, 1.165) is 24.1 Å². The van der Waals surface area contributed by atoms with Crippen molar-refractivity contribution in [1.82, 2.24) is 29.2 Å². The average Bonchev–Trinajstić information content (AvgIpc) is 3.29. The molecule has 0 saturated carbocycles. The molecule has 0 fully saturated rings. The second kappa shape index (κ2) is 8.39. The summed E-state index contributed by atoms with van der Waals surface area (Å²) in [4.78, 5) is 40.8. The summed E-state index contributed by atoms with van der Waals surface area (Å²) in [7, 11) is 1.78. The van der Waals surface area contributed by atoms with Gasteiger partial charge >= 0.3 is 0 Å². The van der Waals surface area contributed by atoms with Gasteiger partial charge < -0.3 is 15.0 Å². The normalized spacial score (nSPS) is 16.1. The van der Waals surface area contributed by atoms with Crippen molar-refractivity contribution in [1.29, 1.82) is 0 Å². The number of anilines is 2. The fourth-order valence-electron chi connectivity index (χ4n) is 4.43. The lowest BCUT2D eigenvalue weighted by molar-refractivity contribution is 0.0816. The first kappa shape index (κ1) is 21.1. The Bertz CT molecular complexity index is 1550. The Kier molecular flexibility index (Phi) is 5.05. The predicted octanol–water partition coefficient (Wildman–Crippen LogP) is 3.04. The number of fused-ring (bicyclic) bond motifs is 7. The number of amides is 1. The van der Waals surface area contributed by atoms with E-state index in [-0.39, 0.29) is 11.5 Å². The van der Waals surface area contributed by atoms with Gasteiger partial charge in [0.05, 0.1) is 13.2 Å². The molecule has 2 aliphatic heterocycles. The third kappa shape index (κ3) is 3.72. The second-order valence-corrected chi connectivity index (χ2v) is 8.58. The van der Waals surface area contributed by atoms with E-state index in [0.29, 0.717) is 53.9 Å². The average molecular weight is 470 g/mol. The zero-order valence-electron chi connectivity index (χ0n) is 19.1. The van der Waals surface area contributed by atoms with Crippen LogP contribution in [0.5, 0.6) is 5.88 Å². The molecule has 10 heteroatoms. The molecular weight excluding hydrogens is 446 g/mol. The third-order valence-electron chi connectivity index (χ3n) is 6.16. The van der Waals surface area contributed by atoms with Crippen LogP contribution in [0.1, 0.15) is 28.8 Å². The number of pyridine rings is 1. The van der Waals surface area contributed by atoms with Crippen LogP contribution in [0.15, 0.2) is 59.5 Å². The first-order valence-electron chi connectivity index (χ1n) is 11.5. The molecule has 35 heavy (non-hydrogen) atoms. The Balaban J connectivity index is 1.44. The number of ether oxygens (including phenoxy) is 1. The third-order valence-corrected chi connectivity index (χ3v) is 6.16. The fraction of sp³-hybridized carbons (Fsp3) is 0.240. The Hall–Kier alpha value is -4.47. The molecule has 2 bridgehead atoms. The Morgan fingerprint density at radius 2 is 2.00 bits per heavy atom. The maximum Gasteiger partial charge on any atom is 0.278 e. The molecule has 0 spiro atoms. The molecule has 6 rings (SSSR count). The quantitative estimate of drug-likeness (QED) is 0.450. The highest BCUT2D eigenvalue weighted by molar-refractivity contribution is 5.98. The van der Waals surface area contributed by atoms with E-state index in [1.165, 1.54) is 6.20 Å². The van der Waals surface area contributed by atoms with Crippen LogP contribution in [-0.4, -0.2) is 48.8 Å². The summed E-state index contributed by atoms with van der Waals surface area (Å²) in [5, 5.41) is 3.61. The molecule has 0 aliphatic carbocycles. The topological polar surface area (TPSA) is 107 Å². The van der Waals surface area contributed by atoms with Gasteiger partial charge in [0.1, 0.15) is 5.39 Å². The number of nitrogens with one attached hydrogen (secondary N) is 1. The molecule has 5 heterocycles. The maximum atomic E-state index is 13.3. The number of carbonyl (C=O) groups excluding carboxylic acids is 1. The van der Waals surface area contributed by atoms with Gasteiger partial charge in [0.15, 0.2) is 11.5 Å². The summed E-state index contributed by atoms with van der Waals surface area (Å²) in [6, 6.07) is 11.0. The summed E-state index contributed by atoms with van der Waals surface area (Å²) < 4.78 is 9.10. The van der Waals surface area contributed by atoms with Crippen molar-refractivity contribution in [2.24, 2.45) is 0 Å². The fourth-order valence-corrected chi connectivity index (χ4v) is 4.43. The molecule has 4 aromatic rings. The van der Waals surface area contributed by atoms with Crippen molar-refractivity contribution in [3.8, 4) is 11.7 Å². The lowest BCUT2D eigenvalue weighted by atomic mass is 10.1. The van der Waals surface area contributed by atoms with Gasteiger partial charge in [-0.05, 0) is 42.7 Å². The molecule has 176 valence electrons. The standard InChI is InChI=1S/C25H23N7O3/c1-30-15-16-13-17(9-10-18(16)23(30)33)27-25-26-14-19-22(29-25)32-20-7-6-8-21(28-20)35-12-5-3-2-4-11-31(32)24(19)34/h2,4,6-10,13-14H,3,5,11-12,15H2,1H3,(H,26,27,29)/b4-2-. The number of allylic oxidation sites excluding steroid dienone is 2. The maximum absolute atomic E-state index is 13.3. The Morgan fingerprint density at radius 1 is 1.09 bits per heavy atom. The molecule has 0 unspecified atom stereocenters. The van der Waals surface area contributed by atoms with Crippen molar-refractivity contribution in [3.05, 3.63) is 76.2 Å². The molecule has 0 atom stereocenters. The number of nitrogens with zero attached hydrogens (tertiary/aromatic N) is 6. The number of carbonyl (C=O) groups is 1. The minimum Gasteiger partial charge on any atom is -0.478 e. The summed E-state index contributed by atoms with van der Waals surface area (Å²) in [5.74, 6) is 1.39. The van der Waals surface area contributed by atoms with Crippen LogP contribution in [0.25, 0.3) is 16.9 Å². The van der Waals surface area contributed by atoms with E-state index in [4.69, 9.17) is 4.74 Å². The molecule has 2 aliphatic rings. The van der Waals surface area contributed by atoms with Gasteiger partial charge in [0, 0.05) is 37.1 Å². The van der Waals surface area contributed by atoms with Crippen LogP contribution in [0.2, 0.25) is 0 Å². The van der Waals surface area contributed by atoms with Gasteiger partial charge in [-0.1, -0.05) is 18.2 Å². The van der Waals surface area contributed by atoms with Crippen molar-refractivity contribution in [2.45, 2.75) is 25.9 Å². The van der Waals surface area contributed by atoms with Crippen molar-refractivity contribution in [2.75, 3.05) is 19.0 Å². The zero-order chi connectivity index (χ0) is 23.9. The SMILES string of the molecule is CN1Cc2cc(Nc3ncc4c(=O)n5n(c4n3)-c3cccc(n3)OCCC/C=C\C5)ccc2C1=O. The lowest BCUT2D eigenvalue weighted by Crippen LogP contribution is -2.22. The molecule has 1 aromatic carbocycles. The predicted molar refractivity (Wildman–Crippen MR) is 130 cm³/mol. The Labute approximate surface area is 200 Å². The van der Waals surface area contributed by atoms with Gasteiger partial charge in [-0.25, -0.2) is 14.3 Å². The number of hydrogen-bond donors (Lipinski definition) is 1. The van der Waals surface area contributed by atoms with Crippen LogP contribution < -0.4 is 15.6 Å². The van der Waals surface area contributed by atoms with Crippen LogP contribution in [0.3, 0.4) is 0 Å². The molecule has 10 nitrogen and oxygen atoms in total. The van der Waals surface area contributed by atoms with E-state index < -0.39 is 0 Å². The molecule has 3 aromatic heterocycles. The largest absolute Gasteiger partial charge is 0.478 e. The summed E-state index contributed by atoms with van der Waals surface area (Å²) >= 11 is 0. The summed E-state index contributed by atoms with van der Waals surface area (Å²) in [6.45, 7) is 1.51. The Morgan fingerprint density at radius 3 is 2.91 bits per heavy atom. The number of aromatic nitrogens is 5. The van der Waals surface area contributed by atoms with E-state index in [9.17, 15) is 9.59 Å². The smallest absolute Gasteiger partial charge is 0.278 e. The van der Waals surface area contributed by atoms with Crippen molar-refractivity contribution >= 4 is 28.6 Å². The molecular formula is C25H23N7O3. The van der Waals surface area contributed by atoms with Crippen LogP contribution in [0, 0.1) is 0 Å². The van der Waals surface area contributed by atoms with E-state index >= 15 is 0 Å². The van der Waals surface area contributed by atoms with Gasteiger partial charge in [0.25, 0.3) is 11.5 Å². The highest BCUT2D eigenvalue weighted by Crippen LogP contribution is 2.26. The summed E-state index contributed by atoms with van der Waals surface area (Å²) in [6.07, 6.45) is 7.28.